The summed E-state index contributed by atoms with van der Waals surface area (Å²) in [5.74, 6) is 0. The van der Waals surface area contributed by atoms with Crippen LogP contribution in [-0.2, 0) is 10.0 Å². The van der Waals surface area contributed by atoms with E-state index in [0.717, 1.165) is 11.4 Å². The average Bonchev–Trinajstić information content (AvgIpc) is 2.51. The van der Waals surface area contributed by atoms with Crippen LogP contribution < -0.4 is 4.72 Å². The Labute approximate surface area is 102 Å². The van der Waals surface area contributed by atoms with E-state index in [-0.39, 0.29) is 4.21 Å². The van der Waals surface area contributed by atoms with Crippen LogP contribution in [0, 0.1) is 6.92 Å². The third kappa shape index (κ3) is 4.18. The Hall–Kier alpha value is 0.0200. The predicted octanol–water partition coefficient (Wildman–Crippen LogP) is 1.90. The molecule has 0 amide bonds. The SMILES string of the molecule is Cc1ncc(S(=O)(=O)NCCC(C)Br)s1. The van der Waals surface area contributed by atoms with Crippen molar-refractivity contribution in [3.05, 3.63) is 11.2 Å². The molecular weight excluding hydrogens is 300 g/mol. The molecule has 1 N–H and O–H groups in total. The van der Waals surface area contributed by atoms with Crippen LogP contribution in [0.3, 0.4) is 0 Å². The number of alkyl halides is 1. The van der Waals surface area contributed by atoms with Gasteiger partial charge in [0.25, 0.3) is 10.0 Å². The van der Waals surface area contributed by atoms with E-state index in [9.17, 15) is 8.42 Å². The van der Waals surface area contributed by atoms with Crippen molar-refractivity contribution in [2.24, 2.45) is 0 Å². The van der Waals surface area contributed by atoms with E-state index < -0.39 is 10.0 Å². The highest BCUT2D eigenvalue weighted by Crippen LogP contribution is 2.17. The first-order valence-corrected chi connectivity index (χ1v) is 7.69. The molecule has 0 aliphatic heterocycles. The molecule has 15 heavy (non-hydrogen) atoms. The Bertz CT molecular complexity index is 414. The number of hydrogen-bond acceptors (Lipinski definition) is 4. The fourth-order valence-corrected chi connectivity index (χ4v) is 3.36. The van der Waals surface area contributed by atoms with E-state index in [2.05, 4.69) is 25.6 Å². The Morgan fingerprint density at radius 2 is 2.33 bits per heavy atom. The van der Waals surface area contributed by atoms with Crippen LogP contribution in [-0.4, -0.2) is 24.8 Å². The molecule has 1 rings (SSSR count). The van der Waals surface area contributed by atoms with Gasteiger partial charge in [0, 0.05) is 11.4 Å². The fourth-order valence-electron chi connectivity index (χ4n) is 0.929. The number of hydrogen-bond donors (Lipinski definition) is 1. The average molecular weight is 313 g/mol. The van der Waals surface area contributed by atoms with Gasteiger partial charge in [-0.2, -0.15) is 0 Å². The second-order valence-electron chi connectivity index (χ2n) is 3.17. The van der Waals surface area contributed by atoms with Crippen LogP contribution in [0.1, 0.15) is 18.4 Å². The summed E-state index contributed by atoms with van der Waals surface area (Å²) in [6, 6.07) is 0. The van der Waals surface area contributed by atoms with Gasteiger partial charge in [0.15, 0.2) is 4.21 Å². The Kier molecular flexibility index (Phi) is 4.69. The predicted molar refractivity (Wildman–Crippen MR) is 65.0 cm³/mol. The summed E-state index contributed by atoms with van der Waals surface area (Å²) in [5.41, 5.74) is 0. The topological polar surface area (TPSA) is 59.1 Å². The number of rotatable bonds is 5. The van der Waals surface area contributed by atoms with Crippen molar-refractivity contribution in [2.75, 3.05) is 6.54 Å². The molecule has 0 bridgehead atoms. The molecule has 1 unspecified atom stereocenters. The maximum absolute atomic E-state index is 11.7. The van der Waals surface area contributed by atoms with Crippen LogP contribution in [0.4, 0.5) is 0 Å². The van der Waals surface area contributed by atoms with Gasteiger partial charge in [-0.3, -0.25) is 0 Å². The molecule has 7 heteroatoms. The van der Waals surface area contributed by atoms with Crippen molar-refractivity contribution in [3.8, 4) is 0 Å². The highest BCUT2D eigenvalue weighted by Gasteiger charge is 2.16. The molecule has 1 aromatic rings. The van der Waals surface area contributed by atoms with E-state index >= 15 is 0 Å². The summed E-state index contributed by atoms with van der Waals surface area (Å²) in [6.45, 7) is 4.20. The summed E-state index contributed by atoms with van der Waals surface area (Å²) in [4.78, 5) is 4.22. The Morgan fingerprint density at radius 1 is 1.67 bits per heavy atom. The molecule has 0 aliphatic rings. The van der Waals surface area contributed by atoms with Crippen molar-refractivity contribution in [1.82, 2.24) is 9.71 Å². The first-order chi connectivity index (χ1) is 6.92. The lowest BCUT2D eigenvalue weighted by atomic mass is 10.3. The lowest BCUT2D eigenvalue weighted by Crippen LogP contribution is -2.25. The molecule has 4 nitrogen and oxygen atoms in total. The molecule has 1 heterocycles. The molecule has 0 spiro atoms. The van der Waals surface area contributed by atoms with Gasteiger partial charge in [-0.25, -0.2) is 18.1 Å². The largest absolute Gasteiger partial charge is 0.251 e. The van der Waals surface area contributed by atoms with Gasteiger partial charge in [-0.05, 0) is 13.3 Å². The van der Waals surface area contributed by atoms with Gasteiger partial charge in [0.05, 0.1) is 11.2 Å². The zero-order valence-electron chi connectivity index (χ0n) is 8.53. The maximum Gasteiger partial charge on any atom is 0.251 e. The standard InChI is InChI=1S/C8H13BrN2O2S2/c1-6(9)3-4-11-15(12,13)8-5-10-7(2)14-8/h5-6,11H,3-4H2,1-2H3. The number of sulfonamides is 1. The third-order valence-electron chi connectivity index (χ3n) is 1.70. The zero-order valence-corrected chi connectivity index (χ0v) is 11.7. The molecule has 0 aromatic carbocycles. The first-order valence-electron chi connectivity index (χ1n) is 4.48. The molecule has 1 atom stereocenters. The van der Waals surface area contributed by atoms with Crippen molar-refractivity contribution in [1.29, 1.82) is 0 Å². The normalized spacial score (nSPS) is 14.1. The zero-order chi connectivity index (χ0) is 11.5. The number of halogens is 1. The number of nitrogens with one attached hydrogen (secondary N) is 1. The Morgan fingerprint density at radius 3 is 2.80 bits per heavy atom. The van der Waals surface area contributed by atoms with E-state index in [0.29, 0.717) is 11.4 Å². The van der Waals surface area contributed by atoms with Crippen LogP contribution in [0.25, 0.3) is 0 Å². The molecular formula is C8H13BrN2O2S2. The van der Waals surface area contributed by atoms with Gasteiger partial charge in [0.2, 0.25) is 0 Å². The van der Waals surface area contributed by atoms with Crippen molar-refractivity contribution >= 4 is 37.3 Å². The molecule has 0 fully saturated rings. The van der Waals surface area contributed by atoms with Gasteiger partial charge >= 0.3 is 0 Å². The van der Waals surface area contributed by atoms with Gasteiger partial charge in [-0.1, -0.05) is 22.9 Å². The summed E-state index contributed by atoms with van der Waals surface area (Å²) >= 11 is 4.54. The summed E-state index contributed by atoms with van der Waals surface area (Å²) in [6.07, 6.45) is 2.15. The minimum absolute atomic E-state index is 0.280. The van der Waals surface area contributed by atoms with Crippen molar-refractivity contribution in [2.45, 2.75) is 29.3 Å². The molecule has 86 valence electrons. The minimum Gasteiger partial charge on any atom is -0.249 e. The van der Waals surface area contributed by atoms with Crippen LogP contribution in [0.2, 0.25) is 0 Å². The smallest absolute Gasteiger partial charge is 0.249 e. The van der Waals surface area contributed by atoms with Crippen LogP contribution >= 0.6 is 27.3 Å². The number of nitrogens with zero attached hydrogens (tertiary/aromatic N) is 1. The van der Waals surface area contributed by atoms with Gasteiger partial charge in [-0.15, -0.1) is 11.3 Å². The van der Waals surface area contributed by atoms with Crippen molar-refractivity contribution < 1.29 is 8.42 Å². The van der Waals surface area contributed by atoms with Gasteiger partial charge < -0.3 is 0 Å². The maximum atomic E-state index is 11.7. The van der Waals surface area contributed by atoms with E-state index in [1.807, 2.05) is 6.92 Å². The summed E-state index contributed by atoms with van der Waals surface area (Å²) in [5, 5.41) is 0.754. The highest BCUT2D eigenvalue weighted by atomic mass is 79.9. The number of aromatic nitrogens is 1. The summed E-state index contributed by atoms with van der Waals surface area (Å²) < 4.78 is 26.2. The minimum atomic E-state index is -3.35. The second-order valence-corrected chi connectivity index (χ2v) is 7.96. The third-order valence-corrected chi connectivity index (χ3v) is 4.99. The van der Waals surface area contributed by atoms with E-state index in [4.69, 9.17) is 0 Å². The fraction of sp³-hybridized carbons (Fsp3) is 0.625. The molecule has 0 aliphatic carbocycles. The monoisotopic (exact) mass is 312 g/mol. The number of thiazole rings is 1. The van der Waals surface area contributed by atoms with Crippen molar-refractivity contribution in [3.63, 3.8) is 0 Å². The van der Waals surface area contributed by atoms with E-state index in [1.165, 1.54) is 17.5 Å². The lowest BCUT2D eigenvalue weighted by molar-refractivity contribution is 0.581. The second kappa shape index (κ2) is 5.38. The molecule has 1 aromatic heterocycles. The highest BCUT2D eigenvalue weighted by molar-refractivity contribution is 9.09. The number of aryl methyl sites for hydroxylation is 1. The quantitative estimate of drug-likeness (QED) is 0.845. The molecule has 0 radical (unpaired) electrons. The lowest BCUT2D eigenvalue weighted by Gasteiger charge is -2.05. The molecule has 0 saturated heterocycles. The van der Waals surface area contributed by atoms with E-state index in [1.54, 1.807) is 6.92 Å². The Balaban J connectivity index is 2.60. The first kappa shape index (κ1) is 13.1. The van der Waals surface area contributed by atoms with Crippen LogP contribution in [0.15, 0.2) is 10.4 Å². The molecule has 0 saturated carbocycles. The van der Waals surface area contributed by atoms with Gasteiger partial charge in [0.1, 0.15) is 0 Å². The summed E-state index contributed by atoms with van der Waals surface area (Å²) in [7, 11) is -3.35. The van der Waals surface area contributed by atoms with Crippen LogP contribution in [0.5, 0.6) is 0 Å².